The Labute approximate surface area is 207 Å². The number of aryl methyl sites for hydroxylation is 1. The summed E-state index contributed by atoms with van der Waals surface area (Å²) in [6.45, 7) is 14.7. The van der Waals surface area contributed by atoms with Crippen LogP contribution in [0.3, 0.4) is 0 Å². The van der Waals surface area contributed by atoms with Crippen LogP contribution in [0.4, 0.5) is 19.0 Å². The van der Waals surface area contributed by atoms with Gasteiger partial charge in [0.2, 0.25) is 5.82 Å². The van der Waals surface area contributed by atoms with Gasteiger partial charge in [-0.2, -0.15) is 23.1 Å². The van der Waals surface area contributed by atoms with E-state index in [9.17, 15) is 13.2 Å². The summed E-state index contributed by atoms with van der Waals surface area (Å²) < 4.78 is 52.5. The van der Waals surface area contributed by atoms with Gasteiger partial charge in [-0.15, -0.1) is 21.5 Å². The van der Waals surface area contributed by atoms with Gasteiger partial charge >= 0.3 is 12.2 Å². The molecule has 4 heterocycles. The Kier molecular flexibility index (Phi) is 6.88. The largest absolute Gasteiger partial charge is 0.461 e. The fourth-order valence-corrected chi connectivity index (χ4v) is 5.55. The minimum Gasteiger partial charge on any atom is -0.461 e. The second kappa shape index (κ2) is 9.32. The zero-order valence-corrected chi connectivity index (χ0v) is 22.7. The molecule has 4 rings (SSSR count). The van der Waals surface area contributed by atoms with Crippen molar-refractivity contribution in [3.8, 4) is 6.01 Å². The predicted octanol–water partition coefficient (Wildman–Crippen LogP) is 5.07. The van der Waals surface area contributed by atoms with E-state index in [0.717, 1.165) is 25.9 Å². The standard InChI is InChI=1S/C22H31F3N6O2SSi/c1-14-11-15-17(30-7-8-31-16(12-30)28-29-19(31)22(23,24)25)26-20(27-18(15)34-14)33-10-9-32-13-35(5,6)21(2,3)4/h11H,7-10,12-13H2,1-6H3. The molecule has 1 aliphatic rings. The number of nitrogens with zero attached hydrogens (tertiary/aromatic N) is 6. The van der Waals surface area contributed by atoms with Gasteiger partial charge in [-0.1, -0.05) is 33.9 Å². The van der Waals surface area contributed by atoms with Gasteiger partial charge in [0.15, 0.2) is 5.82 Å². The number of alkyl halides is 3. The van der Waals surface area contributed by atoms with Crippen molar-refractivity contribution < 1.29 is 22.6 Å². The van der Waals surface area contributed by atoms with Gasteiger partial charge in [0.1, 0.15) is 17.3 Å². The van der Waals surface area contributed by atoms with Gasteiger partial charge in [-0.25, -0.2) is 0 Å². The number of halogens is 3. The molecule has 0 saturated heterocycles. The summed E-state index contributed by atoms with van der Waals surface area (Å²) in [6, 6.07) is 2.22. The van der Waals surface area contributed by atoms with Gasteiger partial charge in [0.05, 0.1) is 26.6 Å². The van der Waals surface area contributed by atoms with E-state index in [4.69, 9.17) is 9.47 Å². The second-order valence-electron chi connectivity index (χ2n) is 10.5. The maximum atomic E-state index is 13.2. The molecule has 0 spiro atoms. The lowest BCUT2D eigenvalue weighted by Gasteiger charge is -2.36. The molecule has 0 fully saturated rings. The van der Waals surface area contributed by atoms with Crippen molar-refractivity contribution in [2.75, 3.05) is 30.9 Å². The molecular formula is C22H31F3N6O2SSi. The highest BCUT2D eigenvalue weighted by atomic mass is 32.1. The molecule has 1 aliphatic heterocycles. The molecule has 0 saturated carbocycles. The Morgan fingerprint density at radius 3 is 2.51 bits per heavy atom. The number of rotatable bonds is 7. The molecule has 0 aliphatic carbocycles. The minimum atomic E-state index is -4.53. The van der Waals surface area contributed by atoms with Crippen LogP contribution in [-0.2, 0) is 24.0 Å². The molecule has 3 aromatic rings. The lowest BCUT2D eigenvalue weighted by atomic mass is 10.2. The molecule has 0 amide bonds. The smallest absolute Gasteiger partial charge is 0.451 e. The van der Waals surface area contributed by atoms with E-state index < -0.39 is 20.1 Å². The quantitative estimate of drug-likeness (QED) is 0.313. The van der Waals surface area contributed by atoms with Crippen molar-refractivity contribution in [1.29, 1.82) is 0 Å². The first kappa shape index (κ1) is 25.8. The zero-order chi connectivity index (χ0) is 25.6. The molecule has 0 atom stereocenters. The van der Waals surface area contributed by atoms with Crippen molar-refractivity contribution in [2.45, 2.75) is 65.1 Å². The van der Waals surface area contributed by atoms with Gasteiger partial charge < -0.3 is 18.9 Å². The van der Waals surface area contributed by atoms with Crippen molar-refractivity contribution in [1.82, 2.24) is 24.7 Å². The zero-order valence-electron chi connectivity index (χ0n) is 20.9. The first-order chi connectivity index (χ1) is 16.3. The average molecular weight is 529 g/mol. The molecule has 35 heavy (non-hydrogen) atoms. The number of aromatic nitrogens is 5. The number of anilines is 1. The number of thiophene rings is 1. The molecule has 0 bridgehead atoms. The normalized spacial score (nSPS) is 15.1. The Bertz CT molecular complexity index is 1200. The van der Waals surface area contributed by atoms with Crippen LogP contribution in [0.1, 0.15) is 37.3 Å². The summed E-state index contributed by atoms with van der Waals surface area (Å²) in [6.07, 6.45) is -3.79. The SMILES string of the molecule is Cc1cc2c(N3CCn4c(nnc4C(F)(F)F)C3)nc(OCCOC[Si](C)(C)C(C)(C)C)nc2s1. The fourth-order valence-electron chi connectivity index (χ4n) is 3.60. The minimum absolute atomic E-state index is 0.114. The molecule has 192 valence electrons. The van der Waals surface area contributed by atoms with E-state index in [1.807, 2.05) is 17.9 Å². The van der Waals surface area contributed by atoms with E-state index in [2.05, 4.69) is 54.0 Å². The highest BCUT2D eigenvalue weighted by Crippen LogP contribution is 2.36. The third-order valence-corrected chi connectivity index (χ3v) is 12.7. The number of ether oxygens (including phenoxy) is 2. The lowest BCUT2D eigenvalue weighted by molar-refractivity contribution is -0.147. The highest BCUT2D eigenvalue weighted by Gasteiger charge is 2.40. The first-order valence-electron chi connectivity index (χ1n) is 11.5. The van der Waals surface area contributed by atoms with E-state index >= 15 is 0 Å². The average Bonchev–Trinajstić information content (AvgIpc) is 3.33. The van der Waals surface area contributed by atoms with Crippen LogP contribution in [0, 0.1) is 6.92 Å². The van der Waals surface area contributed by atoms with Crippen LogP contribution in [0.15, 0.2) is 6.07 Å². The topological polar surface area (TPSA) is 78.2 Å². The highest BCUT2D eigenvalue weighted by molar-refractivity contribution is 7.18. The van der Waals surface area contributed by atoms with Gasteiger partial charge in [0.25, 0.3) is 0 Å². The number of hydrogen-bond donors (Lipinski definition) is 0. The Morgan fingerprint density at radius 1 is 1.09 bits per heavy atom. The number of fused-ring (bicyclic) bond motifs is 2. The van der Waals surface area contributed by atoms with E-state index in [1.165, 1.54) is 11.3 Å². The summed E-state index contributed by atoms with van der Waals surface area (Å²) in [5, 5.41) is 8.23. The van der Waals surface area contributed by atoms with Crippen LogP contribution < -0.4 is 9.64 Å². The van der Waals surface area contributed by atoms with Crippen LogP contribution in [0.25, 0.3) is 10.2 Å². The Morgan fingerprint density at radius 2 is 1.83 bits per heavy atom. The van der Waals surface area contributed by atoms with Gasteiger partial charge in [-0.05, 0) is 18.0 Å². The van der Waals surface area contributed by atoms with Crippen LogP contribution >= 0.6 is 11.3 Å². The second-order valence-corrected chi connectivity index (χ2v) is 17.2. The molecule has 8 nitrogen and oxygen atoms in total. The summed E-state index contributed by atoms with van der Waals surface area (Å²) in [7, 11) is -1.54. The summed E-state index contributed by atoms with van der Waals surface area (Å²) >= 11 is 1.52. The fraction of sp³-hybridized carbons (Fsp3) is 0.636. The molecule has 13 heteroatoms. The summed E-state index contributed by atoms with van der Waals surface area (Å²) in [5.74, 6) is -0.0868. The maximum Gasteiger partial charge on any atom is 0.451 e. The molecule has 3 aromatic heterocycles. The van der Waals surface area contributed by atoms with Crippen LogP contribution in [0.5, 0.6) is 6.01 Å². The third-order valence-electron chi connectivity index (χ3n) is 6.73. The van der Waals surface area contributed by atoms with Crippen molar-refractivity contribution in [3.63, 3.8) is 0 Å². The summed E-state index contributed by atoms with van der Waals surface area (Å²) in [4.78, 5) is 12.9. The predicted molar refractivity (Wildman–Crippen MR) is 132 cm³/mol. The Hall–Kier alpha value is -2.25. The van der Waals surface area contributed by atoms with Crippen LogP contribution in [-0.4, -0.2) is 58.8 Å². The number of hydrogen-bond acceptors (Lipinski definition) is 8. The third kappa shape index (κ3) is 5.46. The maximum absolute atomic E-state index is 13.2. The summed E-state index contributed by atoms with van der Waals surface area (Å²) in [5.41, 5.74) is 0. The molecule has 0 unspecified atom stereocenters. The van der Waals surface area contributed by atoms with Crippen molar-refractivity contribution in [3.05, 3.63) is 22.6 Å². The van der Waals surface area contributed by atoms with E-state index in [0.29, 0.717) is 25.6 Å². The molecule has 0 N–H and O–H groups in total. The van der Waals surface area contributed by atoms with Gasteiger partial charge in [0, 0.05) is 24.2 Å². The molecular weight excluding hydrogens is 497 g/mol. The lowest BCUT2D eigenvalue weighted by Crippen LogP contribution is -2.42. The molecule has 0 aromatic carbocycles. The van der Waals surface area contributed by atoms with Crippen molar-refractivity contribution >= 4 is 35.4 Å². The van der Waals surface area contributed by atoms with Crippen molar-refractivity contribution in [2.24, 2.45) is 0 Å². The first-order valence-corrected chi connectivity index (χ1v) is 15.5. The monoisotopic (exact) mass is 528 g/mol. The Balaban J connectivity index is 1.48. The molecule has 0 radical (unpaired) electrons. The van der Waals surface area contributed by atoms with Gasteiger partial charge in [-0.3, -0.25) is 0 Å². The van der Waals surface area contributed by atoms with E-state index in [-0.39, 0.29) is 30.0 Å². The van der Waals surface area contributed by atoms with Crippen LogP contribution in [0.2, 0.25) is 18.1 Å². The van der Waals surface area contributed by atoms with E-state index in [1.54, 1.807) is 0 Å².